The fourth-order valence-electron chi connectivity index (χ4n) is 8.14. The van der Waals surface area contributed by atoms with Crippen LogP contribution in [0.1, 0.15) is 51.0 Å². The predicted octanol–water partition coefficient (Wildman–Crippen LogP) is 5.43. The second-order valence-corrected chi connectivity index (χ2v) is 14.2. The highest BCUT2D eigenvalue weighted by Gasteiger charge is 2.53. The van der Waals surface area contributed by atoms with E-state index in [1.807, 2.05) is 25.1 Å². The van der Waals surface area contributed by atoms with Gasteiger partial charge >= 0.3 is 0 Å². The first-order valence-corrected chi connectivity index (χ1v) is 15.4. The number of aryl methyl sites for hydroxylation is 1. The summed E-state index contributed by atoms with van der Waals surface area (Å²) in [5, 5.41) is 15.5. The van der Waals surface area contributed by atoms with E-state index in [0.29, 0.717) is 36.8 Å². The molecule has 9 heteroatoms. The molecule has 5 fully saturated rings. The smallest absolute Gasteiger partial charge is 0.292 e. The van der Waals surface area contributed by atoms with Gasteiger partial charge in [0.05, 0.1) is 9.82 Å². The molecule has 1 atom stereocenters. The van der Waals surface area contributed by atoms with Crippen molar-refractivity contribution < 1.29 is 13.3 Å². The fraction of sp³-hybridized carbons (Fsp3) is 0.586. The molecule has 4 bridgehead atoms. The van der Waals surface area contributed by atoms with Gasteiger partial charge in [0.2, 0.25) is 10.0 Å². The standard InChI is InChI=1S/C29H38N4O4S/c1-20-3-6-26(7-4-20)38(36,37)32-11-9-31(10-12-32)25-5-8-28(33(34)35)27(16-25)30-21(2)29-17-22-13-23(18-29)15-24(14-22)19-29/h3-8,16,21-24,30H,9-15,17-19H2,1-2H3. The van der Waals surface area contributed by atoms with E-state index in [9.17, 15) is 18.5 Å². The highest BCUT2D eigenvalue weighted by atomic mass is 32.2. The third kappa shape index (κ3) is 4.57. The van der Waals surface area contributed by atoms with E-state index in [2.05, 4.69) is 17.1 Å². The zero-order valence-corrected chi connectivity index (χ0v) is 23.1. The van der Waals surface area contributed by atoms with E-state index in [0.717, 1.165) is 29.0 Å². The Labute approximate surface area is 225 Å². The number of hydrogen-bond donors (Lipinski definition) is 1. The second-order valence-electron chi connectivity index (χ2n) is 12.3. The van der Waals surface area contributed by atoms with E-state index in [1.54, 1.807) is 24.3 Å². The Hall–Kier alpha value is -2.65. The fourth-order valence-corrected chi connectivity index (χ4v) is 9.56. The molecule has 0 aromatic heterocycles. The quantitative estimate of drug-likeness (QED) is 0.373. The Bertz CT molecular complexity index is 1280. The van der Waals surface area contributed by atoms with Crippen LogP contribution < -0.4 is 10.2 Å². The summed E-state index contributed by atoms with van der Waals surface area (Å²) in [6.07, 6.45) is 7.81. The number of sulfonamides is 1. The van der Waals surface area contributed by atoms with Gasteiger partial charge in [-0.2, -0.15) is 4.31 Å². The highest BCUT2D eigenvalue weighted by molar-refractivity contribution is 7.89. The molecule has 0 spiro atoms. The summed E-state index contributed by atoms with van der Waals surface area (Å²) in [5.74, 6) is 2.46. The second kappa shape index (κ2) is 9.52. The molecule has 8 nitrogen and oxygen atoms in total. The number of nitro benzene ring substituents is 1. The first-order valence-electron chi connectivity index (χ1n) is 14.0. The Morgan fingerprint density at radius 2 is 1.53 bits per heavy atom. The minimum atomic E-state index is -3.54. The lowest BCUT2D eigenvalue weighted by Crippen LogP contribution is -2.53. The molecule has 2 aromatic carbocycles. The topological polar surface area (TPSA) is 95.8 Å². The molecular formula is C29H38N4O4S. The van der Waals surface area contributed by atoms with Crippen molar-refractivity contribution in [2.75, 3.05) is 36.4 Å². The zero-order chi connectivity index (χ0) is 26.7. The summed E-state index contributed by atoms with van der Waals surface area (Å²) in [7, 11) is -3.54. The molecule has 0 amide bonds. The number of anilines is 2. The van der Waals surface area contributed by atoms with E-state index in [4.69, 9.17) is 0 Å². The molecule has 1 unspecified atom stereocenters. The molecule has 4 aliphatic carbocycles. The summed E-state index contributed by atoms with van der Waals surface area (Å²) in [4.78, 5) is 14.1. The Balaban J connectivity index is 1.18. The van der Waals surface area contributed by atoms with Crippen LogP contribution in [0.4, 0.5) is 17.1 Å². The van der Waals surface area contributed by atoms with Crippen LogP contribution in [0.5, 0.6) is 0 Å². The largest absolute Gasteiger partial charge is 0.376 e. The lowest BCUT2D eigenvalue weighted by Gasteiger charge is -2.59. The number of nitrogens with one attached hydrogen (secondary N) is 1. The highest BCUT2D eigenvalue weighted by Crippen LogP contribution is 2.61. The molecule has 5 aliphatic rings. The van der Waals surface area contributed by atoms with Gasteiger partial charge in [0.25, 0.3) is 5.69 Å². The summed E-state index contributed by atoms with van der Waals surface area (Å²) < 4.78 is 27.8. The van der Waals surface area contributed by atoms with Gasteiger partial charge < -0.3 is 10.2 Å². The molecule has 7 rings (SSSR count). The maximum Gasteiger partial charge on any atom is 0.292 e. The van der Waals surface area contributed by atoms with Gasteiger partial charge in [0.1, 0.15) is 5.69 Å². The molecule has 204 valence electrons. The first-order chi connectivity index (χ1) is 18.1. The maximum atomic E-state index is 13.1. The average molecular weight is 539 g/mol. The molecule has 0 radical (unpaired) electrons. The van der Waals surface area contributed by atoms with Gasteiger partial charge in [0.15, 0.2) is 0 Å². The van der Waals surface area contributed by atoms with Crippen molar-refractivity contribution in [3.8, 4) is 0 Å². The molecule has 1 saturated heterocycles. The van der Waals surface area contributed by atoms with Crippen LogP contribution in [0.3, 0.4) is 0 Å². The van der Waals surface area contributed by atoms with Crippen LogP contribution in [0.25, 0.3) is 0 Å². The monoisotopic (exact) mass is 538 g/mol. The zero-order valence-electron chi connectivity index (χ0n) is 22.3. The van der Waals surface area contributed by atoms with Crippen molar-refractivity contribution in [1.82, 2.24) is 4.31 Å². The van der Waals surface area contributed by atoms with Gasteiger partial charge in [-0.1, -0.05) is 17.7 Å². The number of nitrogens with zero attached hydrogens (tertiary/aromatic N) is 3. The Morgan fingerprint density at radius 1 is 0.947 bits per heavy atom. The van der Waals surface area contributed by atoms with Crippen molar-refractivity contribution >= 4 is 27.1 Å². The van der Waals surface area contributed by atoms with Crippen molar-refractivity contribution in [2.24, 2.45) is 23.2 Å². The number of hydrogen-bond acceptors (Lipinski definition) is 6. The summed E-state index contributed by atoms with van der Waals surface area (Å²) in [6, 6.07) is 12.4. The van der Waals surface area contributed by atoms with E-state index in [-0.39, 0.29) is 22.1 Å². The summed E-state index contributed by atoms with van der Waals surface area (Å²) in [6.45, 7) is 5.98. The van der Waals surface area contributed by atoms with E-state index >= 15 is 0 Å². The molecule has 4 saturated carbocycles. The Morgan fingerprint density at radius 3 is 2.08 bits per heavy atom. The molecule has 38 heavy (non-hydrogen) atoms. The van der Waals surface area contributed by atoms with Crippen LogP contribution in [-0.2, 0) is 10.0 Å². The third-order valence-electron chi connectivity index (χ3n) is 9.82. The maximum absolute atomic E-state index is 13.1. The van der Waals surface area contributed by atoms with Crippen molar-refractivity contribution in [3.05, 3.63) is 58.1 Å². The molecule has 1 N–H and O–H groups in total. The number of benzene rings is 2. The van der Waals surface area contributed by atoms with Gasteiger partial charge in [-0.05, 0) is 99.8 Å². The van der Waals surface area contributed by atoms with Crippen molar-refractivity contribution in [2.45, 2.75) is 63.3 Å². The summed E-state index contributed by atoms with van der Waals surface area (Å²) >= 11 is 0. The van der Waals surface area contributed by atoms with Gasteiger partial charge in [-0.15, -0.1) is 0 Å². The van der Waals surface area contributed by atoms with Crippen molar-refractivity contribution in [3.63, 3.8) is 0 Å². The predicted molar refractivity (Wildman–Crippen MR) is 149 cm³/mol. The summed E-state index contributed by atoms with van der Waals surface area (Å²) in [5.41, 5.74) is 2.82. The minimum Gasteiger partial charge on any atom is -0.376 e. The first kappa shape index (κ1) is 25.6. The normalized spacial score (nSPS) is 29.8. The van der Waals surface area contributed by atoms with Crippen LogP contribution >= 0.6 is 0 Å². The van der Waals surface area contributed by atoms with E-state index < -0.39 is 10.0 Å². The van der Waals surface area contributed by atoms with Crippen LogP contribution in [0.15, 0.2) is 47.4 Å². The lowest BCUT2D eigenvalue weighted by atomic mass is 9.48. The SMILES string of the molecule is Cc1ccc(S(=O)(=O)N2CCN(c3ccc([N+](=O)[O-])c(NC(C)C45CC6CC(CC(C6)C4)C5)c3)CC2)cc1. The number of piperazine rings is 1. The number of rotatable bonds is 7. The molecule has 2 aromatic rings. The van der Waals surface area contributed by atoms with Crippen molar-refractivity contribution in [1.29, 1.82) is 0 Å². The molecule has 1 aliphatic heterocycles. The molecular weight excluding hydrogens is 500 g/mol. The van der Waals surface area contributed by atoms with Crippen LogP contribution in [0, 0.1) is 40.2 Å². The average Bonchev–Trinajstić information content (AvgIpc) is 2.88. The third-order valence-corrected chi connectivity index (χ3v) is 11.7. The van der Waals surface area contributed by atoms with Gasteiger partial charge in [-0.25, -0.2) is 8.42 Å². The lowest BCUT2D eigenvalue weighted by molar-refractivity contribution is -0.384. The van der Waals surface area contributed by atoms with Crippen LogP contribution in [0.2, 0.25) is 0 Å². The number of nitro groups is 1. The minimum absolute atomic E-state index is 0.103. The van der Waals surface area contributed by atoms with E-state index in [1.165, 1.54) is 42.8 Å². The van der Waals surface area contributed by atoms with Gasteiger partial charge in [0, 0.05) is 44.0 Å². The molecule has 1 heterocycles. The van der Waals surface area contributed by atoms with Crippen LogP contribution in [-0.4, -0.2) is 49.9 Å². The van der Waals surface area contributed by atoms with Gasteiger partial charge in [-0.3, -0.25) is 10.1 Å². The Kier molecular flexibility index (Phi) is 6.42.